The molecule has 27 heavy (non-hydrogen) atoms. The van der Waals surface area contributed by atoms with Crippen molar-refractivity contribution in [3.8, 4) is 0 Å². The SMILES string of the molecule is Br.Br.Br.Br.C.CCNC(C)CCNCCCNCCC(C)NCC(C)CC. The maximum atomic E-state index is 3.61. The zero-order valence-electron chi connectivity index (χ0n) is 17.4. The van der Waals surface area contributed by atoms with Crippen LogP contribution in [0.2, 0.25) is 0 Å². The summed E-state index contributed by atoms with van der Waals surface area (Å²) in [5, 5.41) is 14.1. The second kappa shape index (κ2) is 32.4. The lowest BCUT2D eigenvalue weighted by Gasteiger charge is -2.17. The van der Waals surface area contributed by atoms with Crippen LogP contribution in [0.3, 0.4) is 0 Å². The molecule has 3 atom stereocenters. The summed E-state index contributed by atoms with van der Waals surface area (Å²) >= 11 is 0. The van der Waals surface area contributed by atoms with Gasteiger partial charge in [-0.3, -0.25) is 0 Å². The lowest BCUT2D eigenvalue weighted by molar-refractivity contribution is 0.429. The van der Waals surface area contributed by atoms with Gasteiger partial charge < -0.3 is 21.3 Å². The number of halogens is 4. The van der Waals surface area contributed by atoms with Crippen LogP contribution in [0, 0.1) is 5.92 Å². The largest absolute Gasteiger partial charge is 0.317 e. The zero-order chi connectivity index (χ0) is 16.6. The van der Waals surface area contributed by atoms with Gasteiger partial charge in [-0.05, 0) is 78.3 Å². The lowest BCUT2D eigenvalue weighted by atomic mass is 10.1. The molecule has 3 unspecified atom stereocenters. The molecule has 0 aromatic carbocycles. The molecule has 0 heterocycles. The molecule has 0 spiro atoms. The van der Waals surface area contributed by atoms with E-state index >= 15 is 0 Å². The van der Waals surface area contributed by atoms with Crippen molar-refractivity contribution in [2.24, 2.45) is 5.92 Å². The minimum Gasteiger partial charge on any atom is -0.317 e. The second-order valence-corrected chi connectivity index (χ2v) is 6.71. The van der Waals surface area contributed by atoms with E-state index in [0.717, 1.165) is 45.2 Å². The second-order valence-electron chi connectivity index (χ2n) is 6.71. The van der Waals surface area contributed by atoms with Gasteiger partial charge in [-0.2, -0.15) is 0 Å². The molecule has 0 amide bonds. The molecule has 0 rings (SSSR count). The van der Waals surface area contributed by atoms with Crippen LogP contribution in [-0.2, 0) is 0 Å². The van der Waals surface area contributed by atoms with Crippen molar-refractivity contribution in [2.75, 3.05) is 39.3 Å². The molecule has 0 aliphatic carbocycles. The van der Waals surface area contributed by atoms with Gasteiger partial charge in [0, 0.05) is 12.1 Å². The highest BCUT2D eigenvalue weighted by Crippen LogP contribution is 1.99. The molecule has 0 radical (unpaired) electrons. The number of hydrogen-bond donors (Lipinski definition) is 4. The van der Waals surface area contributed by atoms with Gasteiger partial charge in [0.15, 0.2) is 0 Å². The summed E-state index contributed by atoms with van der Waals surface area (Å²) in [5.74, 6) is 0.789. The third kappa shape index (κ3) is 32.6. The highest BCUT2D eigenvalue weighted by atomic mass is 79.9. The van der Waals surface area contributed by atoms with Crippen LogP contribution in [0.5, 0.6) is 0 Å². The predicted octanol–water partition coefficient (Wildman–Crippen LogP) is 5.31. The third-order valence-electron chi connectivity index (χ3n) is 4.28. The Morgan fingerprint density at radius 1 is 0.667 bits per heavy atom. The molecular weight excluding hydrogens is 604 g/mol. The molecule has 0 aliphatic heterocycles. The predicted molar refractivity (Wildman–Crippen MR) is 148 cm³/mol. The molecule has 0 bridgehead atoms. The zero-order valence-corrected chi connectivity index (χ0v) is 24.3. The Balaban J connectivity index is -0.000000220. The molecule has 0 saturated carbocycles. The average molecular weight is 654 g/mol. The minimum absolute atomic E-state index is 0. The van der Waals surface area contributed by atoms with Crippen molar-refractivity contribution in [1.29, 1.82) is 0 Å². The Bertz CT molecular complexity index is 240. The van der Waals surface area contributed by atoms with Crippen molar-refractivity contribution in [2.45, 2.75) is 79.8 Å². The smallest absolute Gasteiger partial charge is 0.00509 e. The number of rotatable bonds is 16. The molecule has 0 aliphatic rings. The quantitative estimate of drug-likeness (QED) is 0.171. The molecule has 4 nitrogen and oxygen atoms in total. The monoisotopic (exact) mass is 650 g/mol. The fraction of sp³-hybridized carbons (Fsp3) is 1.00. The van der Waals surface area contributed by atoms with Crippen LogP contribution in [0.25, 0.3) is 0 Å². The van der Waals surface area contributed by atoms with E-state index in [1.54, 1.807) is 0 Å². The molecular formula is C19H50Br4N4. The Kier molecular flexibility index (Phi) is 51.4. The normalized spacial score (nSPS) is 12.8. The van der Waals surface area contributed by atoms with Crippen LogP contribution in [-0.4, -0.2) is 51.4 Å². The Morgan fingerprint density at radius 2 is 1.11 bits per heavy atom. The van der Waals surface area contributed by atoms with Gasteiger partial charge in [-0.1, -0.05) is 34.6 Å². The van der Waals surface area contributed by atoms with Crippen molar-refractivity contribution in [3.05, 3.63) is 0 Å². The van der Waals surface area contributed by atoms with Crippen LogP contribution < -0.4 is 21.3 Å². The van der Waals surface area contributed by atoms with E-state index in [2.05, 4.69) is 55.9 Å². The summed E-state index contributed by atoms with van der Waals surface area (Å²) in [5.41, 5.74) is 0. The maximum Gasteiger partial charge on any atom is 0.00509 e. The number of hydrogen-bond acceptors (Lipinski definition) is 4. The fourth-order valence-electron chi connectivity index (χ4n) is 2.32. The van der Waals surface area contributed by atoms with Crippen molar-refractivity contribution in [3.63, 3.8) is 0 Å². The summed E-state index contributed by atoms with van der Waals surface area (Å²) in [6.45, 7) is 18.0. The maximum absolute atomic E-state index is 3.61. The molecule has 174 valence electrons. The third-order valence-corrected chi connectivity index (χ3v) is 4.28. The van der Waals surface area contributed by atoms with Gasteiger partial charge in [0.25, 0.3) is 0 Å². The van der Waals surface area contributed by atoms with E-state index < -0.39 is 0 Å². The topological polar surface area (TPSA) is 48.1 Å². The van der Waals surface area contributed by atoms with Gasteiger partial charge in [0.05, 0.1) is 0 Å². The van der Waals surface area contributed by atoms with E-state index in [9.17, 15) is 0 Å². The summed E-state index contributed by atoms with van der Waals surface area (Å²) in [4.78, 5) is 0. The molecule has 0 saturated heterocycles. The molecule has 0 fully saturated rings. The highest BCUT2D eigenvalue weighted by Gasteiger charge is 2.03. The first-order valence-corrected chi connectivity index (χ1v) is 9.48. The lowest BCUT2D eigenvalue weighted by Crippen LogP contribution is -2.33. The highest BCUT2D eigenvalue weighted by molar-refractivity contribution is 8.93. The average Bonchev–Trinajstić information content (AvgIpc) is 2.51. The van der Waals surface area contributed by atoms with Crippen LogP contribution in [0.4, 0.5) is 0 Å². The van der Waals surface area contributed by atoms with Crippen molar-refractivity contribution in [1.82, 2.24) is 21.3 Å². The summed E-state index contributed by atoms with van der Waals surface area (Å²) in [6, 6.07) is 1.24. The molecule has 4 N–H and O–H groups in total. The molecule has 8 heteroatoms. The summed E-state index contributed by atoms with van der Waals surface area (Å²) < 4.78 is 0. The van der Waals surface area contributed by atoms with Crippen molar-refractivity contribution < 1.29 is 0 Å². The van der Waals surface area contributed by atoms with Crippen LogP contribution in [0.1, 0.15) is 67.7 Å². The first-order valence-electron chi connectivity index (χ1n) is 9.48. The molecule has 0 aromatic rings. The van der Waals surface area contributed by atoms with E-state index in [1.807, 2.05) is 0 Å². The Hall–Kier alpha value is 1.76. The van der Waals surface area contributed by atoms with Gasteiger partial charge in [-0.25, -0.2) is 0 Å². The standard InChI is InChI=1S/C18H42N4.CH4.4BrH/c1-6-16(3)15-22-18(5)10-14-20-12-8-11-19-13-9-17(4)21-7-2;;;;;/h16-22H,6-15H2,1-5H3;1H4;4*1H. The van der Waals surface area contributed by atoms with E-state index in [1.165, 1.54) is 25.7 Å². The first kappa shape index (κ1) is 42.8. The number of nitrogens with one attached hydrogen (secondary N) is 4. The first-order chi connectivity index (χ1) is 10.6. The summed E-state index contributed by atoms with van der Waals surface area (Å²) in [6.07, 6.45) is 4.90. The van der Waals surface area contributed by atoms with E-state index in [4.69, 9.17) is 0 Å². The van der Waals surface area contributed by atoms with Crippen LogP contribution >= 0.6 is 67.9 Å². The van der Waals surface area contributed by atoms with Gasteiger partial charge in [0.2, 0.25) is 0 Å². The van der Waals surface area contributed by atoms with E-state index in [-0.39, 0.29) is 75.4 Å². The van der Waals surface area contributed by atoms with Gasteiger partial charge in [0.1, 0.15) is 0 Å². The minimum atomic E-state index is 0. The van der Waals surface area contributed by atoms with Crippen LogP contribution in [0.15, 0.2) is 0 Å². The van der Waals surface area contributed by atoms with Gasteiger partial charge in [-0.15, -0.1) is 67.9 Å². The van der Waals surface area contributed by atoms with Crippen molar-refractivity contribution >= 4 is 67.9 Å². The Labute approximate surface area is 213 Å². The van der Waals surface area contributed by atoms with E-state index in [0.29, 0.717) is 12.1 Å². The molecule has 0 aromatic heterocycles. The summed E-state index contributed by atoms with van der Waals surface area (Å²) in [7, 11) is 0. The fourth-order valence-corrected chi connectivity index (χ4v) is 2.32. The van der Waals surface area contributed by atoms with Gasteiger partial charge >= 0.3 is 0 Å². The Morgan fingerprint density at radius 3 is 1.52 bits per heavy atom.